The molecule has 0 saturated heterocycles. The number of nitrogens with two attached hydrogens (primary N) is 1. The Bertz CT molecular complexity index is 608. The molecule has 0 saturated carbocycles. The smallest absolute Gasteiger partial charge is 0.337 e. The molecule has 2 aromatic rings. The Morgan fingerprint density at radius 2 is 2.21 bits per heavy atom. The van der Waals surface area contributed by atoms with Crippen molar-refractivity contribution in [3.63, 3.8) is 0 Å². The molecule has 1 heterocycles. The maximum Gasteiger partial charge on any atom is 0.337 e. The highest BCUT2D eigenvalue weighted by Gasteiger charge is 2.12. The molecular weight excluding hydrogens is 262 g/mol. The van der Waals surface area contributed by atoms with Gasteiger partial charge in [-0.25, -0.2) is 9.78 Å². The van der Waals surface area contributed by atoms with Gasteiger partial charge in [0.1, 0.15) is 0 Å². The molecule has 0 spiro atoms. The van der Waals surface area contributed by atoms with Crippen molar-refractivity contribution < 1.29 is 9.90 Å². The highest BCUT2D eigenvalue weighted by atomic mass is 32.1. The second-order valence-electron chi connectivity index (χ2n) is 4.47. The lowest BCUT2D eigenvalue weighted by molar-refractivity contribution is 0.0698. The van der Waals surface area contributed by atoms with Crippen LogP contribution in [0.3, 0.4) is 0 Å². The Kier molecular flexibility index (Phi) is 3.71. The minimum Gasteiger partial charge on any atom is -0.478 e. The molecule has 4 N–H and O–H groups in total. The Morgan fingerprint density at radius 1 is 1.47 bits per heavy atom. The minimum absolute atomic E-state index is 0.140. The third kappa shape index (κ3) is 3.03. The average Bonchev–Trinajstić information content (AvgIpc) is 2.80. The first-order chi connectivity index (χ1) is 8.97. The number of rotatable bonds is 4. The average molecular weight is 277 g/mol. The van der Waals surface area contributed by atoms with Crippen LogP contribution in [-0.4, -0.2) is 16.1 Å². The van der Waals surface area contributed by atoms with E-state index in [9.17, 15) is 4.79 Å². The molecule has 0 fully saturated rings. The van der Waals surface area contributed by atoms with E-state index in [4.69, 9.17) is 10.8 Å². The predicted molar refractivity (Wildman–Crippen MR) is 77.3 cm³/mol. The van der Waals surface area contributed by atoms with Crippen molar-refractivity contribution in [1.82, 2.24) is 4.98 Å². The van der Waals surface area contributed by atoms with Crippen LogP contribution in [0.1, 0.15) is 35.8 Å². The Balaban J connectivity index is 2.29. The summed E-state index contributed by atoms with van der Waals surface area (Å²) in [6.45, 7) is 4.12. The van der Waals surface area contributed by atoms with Crippen LogP contribution in [-0.2, 0) is 0 Å². The number of thiazole rings is 1. The number of carboxylic acids is 1. The van der Waals surface area contributed by atoms with Crippen LogP contribution >= 0.6 is 11.3 Å². The zero-order chi connectivity index (χ0) is 14.0. The van der Waals surface area contributed by atoms with E-state index in [1.165, 1.54) is 17.4 Å². The molecule has 0 unspecified atom stereocenters. The maximum atomic E-state index is 11.2. The lowest BCUT2D eigenvalue weighted by Crippen LogP contribution is -2.04. The van der Waals surface area contributed by atoms with Gasteiger partial charge in [0.2, 0.25) is 0 Å². The number of nitrogens with one attached hydrogen (secondary N) is 1. The topological polar surface area (TPSA) is 88.2 Å². The van der Waals surface area contributed by atoms with Crippen molar-refractivity contribution in [1.29, 1.82) is 0 Å². The van der Waals surface area contributed by atoms with Crippen LogP contribution in [0.2, 0.25) is 0 Å². The van der Waals surface area contributed by atoms with E-state index in [1.54, 1.807) is 12.1 Å². The zero-order valence-electron chi connectivity index (χ0n) is 10.7. The first-order valence-corrected chi connectivity index (χ1v) is 6.70. The Hall–Kier alpha value is -2.08. The van der Waals surface area contributed by atoms with Gasteiger partial charge in [0.15, 0.2) is 5.13 Å². The number of carbonyl (C=O) groups is 1. The van der Waals surface area contributed by atoms with Gasteiger partial charge in [-0.3, -0.25) is 0 Å². The number of aromatic carboxylic acids is 1. The van der Waals surface area contributed by atoms with Gasteiger partial charge in [0.25, 0.3) is 0 Å². The Labute approximate surface area is 115 Å². The molecule has 0 bridgehead atoms. The van der Waals surface area contributed by atoms with Crippen molar-refractivity contribution in [2.24, 2.45) is 0 Å². The zero-order valence-corrected chi connectivity index (χ0v) is 11.5. The van der Waals surface area contributed by atoms with Gasteiger partial charge in [-0.1, -0.05) is 13.8 Å². The summed E-state index contributed by atoms with van der Waals surface area (Å²) >= 11 is 1.45. The van der Waals surface area contributed by atoms with Crippen molar-refractivity contribution in [3.05, 3.63) is 34.8 Å². The molecule has 0 aliphatic heterocycles. The van der Waals surface area contributed by atoms with Crippen molar-refractivity contribution >= 4 is 33.8 Å². The molecule has 2 rings (SSSR count). The van der Waals surface area contributed by atoms with Gasteiger partial charge >= 0.3 is 5.97 Å². The lowest BCUT2D eigenvalue weighted by atomic mass is 10.1. The molecule has 1 aromatic heterocycles. The normalized spacial score (nSPS) is 10.7. The summed E-state index contributed by atoms with van der Waals surface area (Å²) in [5, 5.41) is 14.8. The maximum absolute atomic E-state index is 11.2. The summed E-state index contributed by atoms with van der Waals surface area (Å²) in [5.74, 6) is -0.674. The van der Waals surface area contributed by atoms with Gasteiger partial charge < -0.3 is 16.2 Å². The number of anilines is 3. The summed E-state index contributed by atoms with van der Waals surface area (Å²) in [6, 6.07) is 4.74. The van der Waals surface area contributed by atoms with Crippen molar-refractivity contribution in [2.75, 3.05) is 11.1 Å². The molecular formula is C13H15N3O2S. The second kappa shape index (κ2) is 5.27. The molecule has 5 nitrogen and oxygen atoms in total. The van der Waals surface area contributed by atoms with E-state index in [0.29, 0.717) is 22.4 Å². The minimum atomic E-state index is -1.02. The lowest BCUT2D eigenvalue weighted by Gasteiger charge is -2.07. The highest BCUT2D eigenvalue weighted by molar-refractivity contribution is 7.13. The van der Waals surface area contributed by atoms with Crippen molar-refractivity contribution in [3.8, 4) is 0 Å². The van der Waals surface area contributed by atoms with Crippen LogP contribution in [0.25, 0.3) is 0 Å². The Morgan fingerprint density at radius 3 is 2.79 bits per heavy atom. The summed E-state index contributed by atoms with van der Waals surface area (Å²) in [6.07, 6.45) is 0. The number of carboxylic acid groups (broad SMARTS) is 1. The van der Waals surface area contributed by atoms with Gasteiger partial charge in [0.05, 0.1) is 16.9 Å². The number of hydrogen-bond donors (Lipinski definition) is 3. The van der Waals surface area contributed by atoms with Gasteiger partial charge in [0, 0.05) is 11.1 Å². The second-order valence-corrected chi connectivity index (χ2v) is 5.33. The van der Waals surface area contributed by atoms with E-state index in [2.05, 4.69) is 24.1 Å². The fourth-order valence-electron chi connectivity index (χ4n) is 1.57. The number of nitrogens with zero attached hydrogens (tertiary/aromatic N) is 1. The third-order valence-electron chi connectivity index (χ3n) is 2.63. The summed E-state index contributed by atoms with van der Waals surface area (Å²) in [4.78, 5) is 15.6. The van der Waals surface area contributed by atoms with E-state index in [1.807, 2.05) is 5.38 Å². The third-order valence-corrected chi connectivity index (χ3v) is 3.41. The molecule has 100 valence electrons. The fraction of sp³-hybridized carbons (Fsp3) is 0.231. The van der Waals surface area contributed by atoms with Gasteiger partial charge in [-0.05, 0) is 24.1 Å². The summed E-state index contributed by atoms with van der Waals surface area (Å²) in [7, 11) is 0. The molecule has 6 heteroatoms. The molecule has 0 aliphatic rings. The van der Waals surface area contributed by atoms with E-state index >= 15 is 0 Å². The molecule has 0 radical (unpaired) electrons. The van der Waals surface area contributed by atoms with E-state index in [-0.39, 0.29) is 5.56 Å². The summed E-state index contributed by atoms with van der Waals surface area (Å²) in [5.41, 5.74) is 7.64. The van der Waals surface area contributed by atoms with Crippen LogP contribution in [0.15, 0.2) is 23.6 Å². The molecule has 0 atom stereocenters. The first-order valence-electron chi connectivity index (χ1n) is 5.82. The van der Waals surface area contributed by atoms with E-state index in [0.717, 1.165) is 5.69 Å². The van der Waals surface area contributed by atoms with Gasteiger partial charge in [-0.15, -0.1) is 11.3 Å². The number of aromatic nitrogens is 1. The largest absolute Gasteiger partial charge is 0.478 e. The monoisotopic (exact) mass is 277 g/mol. The number of nitrogen functional groups attached to an aromatic ring is 1. The fourth-order valence-corrected chi connectivity index (χ4v) is 2.46. The van der Waals surface area contributed by atoms with Crippen LogP contribution in [0.4, 0.5) is 16.5 Å². The highest BCUT2D eigenvalue weighted by Crippen LogP contribution is 2.27. The van der Waals surface area contributed by atoms with Crippen LogP contribution in [0.5, 0.6) is 0 Å². The first kappa shape index (κ1) is 13.4. The van der Waals surface area contributed by atoms with Crippen molar-refractivity contribution in [2.45, 2.75) is 19.8 Å². The van der Waals surface area contributed by atoms with Crippen LogP contribution < -0.4 is 11.1 Å². The molecule has 0 amide bonds. The standard InChI is InChI=1S/C13H15N3O2S/c1-7(2)11-6-19-13(16-11)15-10-4-3-8(14)5-9(10)12(17)18/h3-7H,14H2,1-2H3,(H,15,16)(H,17,18). The quantitative estimate of drug-likeness (QED) is 0.746. The van der Waals surface area contributed by atoms with E-state index < -0.39 is 5.97 Å². The molecule has 1 aromatic carbocycles. The summed E-state index contributed by atoms with van der Waals surface area (Å²) < 4.78 is 0. The SMILES string of the molecule is CC(C)c1csc(Nc2ccc(N)cc2C(=O)O)n1. The van der Waals surface area contributed by atoms with Crippen LogP contribution in [0, 0.1) is 0 Å². The number of hydrogen-bond acceptors (Lipinski definition) is 5. The van der Waals surface area contributed by atoms with Gasteiger partial charge in [-0.2, -0.15) is 0 Å². The predicted octanol–water partition coefficient (Wildman–Crippen LogP) is 3.29. The molecule has 0 aliphatic carbocycles. The molecule has 19 heavy (non-hydrogen) atoms. The number of benzene rings is 1.